The van der Waals surface area contributed by atoms with Crippen LogP contribution in [0.5, 0.6) is 0 Å². The lowest BCUT2D eigenvalue weighted by Gasteiger charge is -1.99. The molecule has 5 nitrogen and oxygen atoms in total. The molecule has 7 heteroatoms. The van der Waals surface area contributed by atoms with Gasteiger partial charge in [-0.15, -0.1) is 0 Å². The number of carbonyl (C=O) groups excluding carboxylic acids is 1. The van der Waals surface area contributed by atoms with Crippen molar-refractivity contribution in [3.05, 3.63) is 10.0 Å². The molecule has 1 heterocycles. The maximum atomic E-state index is 11.2. The number of aromatic nitrogens is 1. The van der Waals surface area contributed by atoms with E-state index >= 15 is 0 Å². The highest BCUT2D eigenvalue weighted by Gasteiger charge is 2.16. The number of carbonyl (C=O) groups is 1. The van der Waals surface area contributed by atoms with Gasteiger partial charge in [0.15, 0.2) is 15.2 Å². The van der Waals surface area contributed by atoms with Crippen LogP contribution >= 0.6 is 22.9 Å². The molecule has 0 aliphatic carbocycles. The largest absolute Gasteiger partial charge is 0.465 e. The lowest BCUT2D eigenvalue weighted by atomic mass is 10.6. The SMILES string of the molecule is COCCNc1nc(Cl)c(C(=O)OC)s1. The summed E-state index contributed by atoms with van der Waals surface area (Å²) in [6.07, 6.45) is 0. The van der Waals surface area contributed by atoms with E-state index in [4.69, 9.17) is 16.3 Å². The maximum absolute atomic E-state index is 11.2. The molecular weight excluding hydrogens is 240 g/mol. The zero-order chi connectivity index (χ0) is 11.3. The molecule has 0 atom stereocenters. The van der Waals surface area contributed by atoms with Crippen LogP contribution in [0, 0.1) is 0 Å². The monoisotopic (exact) mass is 250 g/mol. The quantitative estimate of drug-likeness (QED) is 0.636. The van der Waals surface area contributed by atoms with Crippen LogP contribution in [0.1, 0.15) is 9.67 Å². The predicted molar refractivity (Wildman–Crippen MR) is 58.8 cm³/mol. The number of rotatable bonds is 5. The van der Waals surface area contributed by atoms with Crippen LogP contribution in [0.25, 0.3) is 0 Å². The molecule has 0 fully saturated rings. The van der Waals surface area contributed by atoms with Gasteiger partial charge in [0.2, 0.25) is 0 Å². The summed E-state index contributed by atoms with van der Waals surface area (Å²) >= 11 is 6.92. The second-order valence-corrected chi connectivity index (χ2v) is 3.91. The van der Waals surface area contributed by atoms with Crippen molar-refractivity contribution in [2.45, 2.75) is 0 Å². The Morgan fingerprint density at radius 2 is 2.33 bits per heavy atom. The molecule has 0 amide bonds. The zero-order valence-electron chi connectivity index (χ0n) is 8.37. The number of methoxy groups -OCH3 is 2. The van der Waals surface area contributed by atoms with E-state index in [9.17, 15) is 4.79 Å². The van der Waals surface area contributed by atoms with Crippen molar-refractivity contribution in [3.63, 3.8) is 0 Å². The van der Waals surface area contributed by atoms with Gasteiger partial charge in [0.1, 0.15) is 0 Å². The van der Waals surface area contributed by atoms with Gasteiger partial charge >= 0.3 is 5.97 Å². The van der Waals surface area contributed by atoms with Crippen molar-refractivity contribution in [3.8, 4) is 0 Å². The number of thiazole rings is 1. The Labute approximate surface area is 96.4 Å². The lowest BCUT2D eigenvalue weighted by molar-refractivity contribution is 0.0606. The van der Waals surface area contributed by atoms with Crippen LogP contribution < -0.4 is 5.32 Å². The van der Waals surface area contributed by atoms with Gasteiger partial charge < -0.3 is 14.8 Å². The molecule has 1 aromatic rings. The summed E-state index contributed by atoms with van der Waals surface area (Å²) < 4.78 is 9.41. The zero-order valence-corrected chi connectivity index (χ0v) is 9.94. The molecule has 1 rings (SSSR count). The van der Waals surface area contributed by atoms with Gasteiger partial charge in [0, 0.05) is 13.7 Å². The average Bonchev–Trinajstić information content (AvgIpc) is 2.59. The second kappa shape index (κ2) is 5.89. The molecule has 15 heavy (non-hydrogen) atoms. The second-order valence-electron chi connectivity index (χ2n) is 2.55. The Kier molecular flexibility index (Phi) is 4.80. The Morgan fingerprint density at radius 1 is 1.60 bits per heavy atom. The standard InChI is InChI=1S/C8H11ClN2O3S/c1-13-4-3-10-8-11-6(9)5(15-8)7(12)14-2/h3-4H2,1-2H3,(H,10,11). The molecule has 0 radical (unpaired) electrons. The number of ether oxygens (including phenoxy) is 2. The summed E-state index contributed by atoms with van der Waals surface area (Å²) in [6.45, 7) is 1.17. The van der Waals surface area contributed by atoms with Crippen molar-refractivity contribution in [1.29, 1.82) is 0 Å². The summed E-state index contributed by atoms with van der Waals surface area (Å²) in [6, 6.07) is 0. The molecule has 0 aliphatic heterocycles. The predicted octanol–water partition coefficient (Wildman–Crippen LogP) is 1.64. The third-order valence-corrected chi connectivity index (χ3v) is 2.92. The fourth-order valence-electron chi connectivity index (χ4n) is 0.856. The van der Waals surface area contributed by atoms with E-state index in [1.807, 2.05) is 0 Å². The molecule has 0 unspecified atom stereocenters. The van der Waals surface area contributed by atoms with Gasteiger partial charge in [-0.3, -0.25) is 0 Å². The van der Waals surface area contributed by atoms with Crippen molar-refractivity contribution < 1.29 is 14.3 Å². The average molecular weight is 251 g/mol. The van der Waals surface area contributed by atoms with E-state index in [2.05, 4.69) is 15.0 Å². The minimum atomic E-state index is -0.475. The first-order chi connectivity index (χ1) is 7.19. The Balaban J connectivity index is 2.64. The molecular formula is C8H11ClN2O3S. The lowest BCUT2D eigenvalue weighted by Crippen LogP contribution is -2.06. The molecule has 0 bridgehead atoms. The Hall–Kier alpha value is -0.850. The van der Waals surface area contributed by atoms with Gasteiger partial charge in [-0.05, 0) is 0 Å². The third kappa shape index (κ3) is 3.33. The summed E-state index contributed by atoms with van der Waals surface area (Å²) in [5.41, 5.74) is 0. The number of halogens is 1. The number of anilines is 1. The van der Waals surface area contributed by atoms with Gasteiger partial charge in [-0.25, -0.2) is 9.78 Å². The molecule has 1 aromatic heterocycles. The van der Waals surface area contributed by atoms with E-state index in [0.29, 0.717) is 23.2 Å². The molecule has 1 N–H and O–H groups in total. The smallest absolute Gasteiger partial charge is 0.351 e. The molecule has 0 saturated heterocycles. The van der Waals surface area contributed by atoms with Crippen LogP contribution in [0.2, 0.25) is 5.15 Å². The summed E-state index contributed by atoms with van der Waals surface area (Å²) in [5, 5.41) is 3.72. The van der Waals surface area contributed by atoms with Crippen molar-refractivity contribution in [2.24, 2.45) is 0 Å². The van der Waals surface area contributed by atoms with Gasteiger partial charge in [-0.1, -0.05) is 22.9 Å². The van der Waals surface area contributed by atoms with Gasteiger partial charge in [0.25, 0.3) is 0 Å². The number of nitrogens with zero attached hydrogens (tertiary/aromatic N) is 1. The molecule has 0 saturated carbocycles. The van der Waals surface area contributed by atoms with Crippen LogP contribution in [-0.2, 0) is 9.47 Å². The highest BCUT2D eigenvalue weighted by molar-refractivity contribution is 7.18. The van der Waals surface area contributed by atoms with Crippen molar-refractivity contribution >= 4 is 34.0 Å². The third-order valence-electron chi connectivity index (χ3n) is 1.54. The highest BCUT2D eigenvalue weighted by atomic mass is 35.5. The van der Waals surface area contributed by atoms with E-state index < -0.39 is 5.97 Å². The number of hydrogen-bond acceptors (Lipinski definition) is 6. The van der Waals surface area contributed by atoms with E-state index in [1.54, 1.807) is 7.11 Å². The first kappa shape index (κ1) is 12.2. The van der Waals surface area contributed by atoms with Crippen LogP contribution in [-0.4, -0.2) is 38.3 Å². The molecule has 0 spiro atoms. The number of esters is 1. The topological polar surface area (TPSA) is 60.5 Å². The Bertz CT molecular complexity index is 343. The normalized spacial score (nSPS) is 10.1. The van der Waals surface area contributed by atoms with E-state index in [1.165, 1.54) is 7.11 Å². The summed E-state index contributed by atoms with van der Waals surface area (Å²) in [5.74, 6) is -0.475. The fourth-order valence-corrected chi connectivity index (χ4v) is 1.98. The molecule has 0 aromatic carbocycles. The van der Waals surface area contributed by atoms with E-state index in [-0.39, 0.29) is 5.15 Å². The van der Waals surface area contributed by atoms with Gasteiger partial charge in [-0.2, -0.15) is 0 Å². The molecule has 0 aliphatic rings. The van der Waals surface area contributed by atoms with Crippen LogP contribution in [0.3, 0.4) is 0 Å². The minimum absolute atomic E-state index is 0.159. The number of hydrogen-bond donors (Lipinski definition) is 1. The fraction of sp³-hybridized carbons (Fsp3) is 0.500. The molecule has 84 valence electrons. The highest BCUT2D eigenvalue weighted by Crippen LogP contribution is 2.27. The van der Waals surface area contributed by atoms with Crippen molar-refractivity contribution in [1.82, 2.24) is 4.98 Å². The van der Waals surface area contributed by atoms with Crippen molar-refractivity contribution in [2.75, 3.05) is 32.7 Å². The van der Waals surface area contributed by atoms with Crippen LogP contribution in [0.15, 0.2) is 0 Å². The van der Waals surface area contributed by atoms with E-state index in [0.717, 1.165) is 11.3 Å². The minimum Gasteiger partial charge on any atom is -0.465 e. The first-order valence-electron chi connectivity index (χ1n) is 4.16. The summed E-state index contributed by atoms with van der Waals surface area (Å²) in [4.78, 5) is 15.5. The van der Waals surface area contributed by atoms with Gasteiger partial charge in [0.05, 0.1) is 13.7 Å². The Morgan fingerprint density at radius 3 is 2.93 bits per heavy atom. The number of nitrogens with one attached hydrogen (secondary N) is 1. The first-order valence-corrected chi connectivity index (χ1v) is 5.36. The maximum Gasteiger partial charge on any atom is 0.351 e. The summed E-state index contributed by atoms with van der Waals surface area (Å²) in [7, 11) is 2.91. The van der Waals surface area contributed by atoms with Crippen LogP contribution in [0.4, 0.5) is 5.13 Å².